The second kappa shape index (κ2) is 6.61. The molecule has 0 aliphatic rings. The van der Waals surface area contributed by atoms with Crippen LogP contribution >= 0.6 is 0 Å². The Morgan fingerprint density at radius 3 is 2.19 bits per heavy atom. The molecule has 1 amide bonds. The molecule has 1 aromatic carbocycles. The maximum Gasteiger partial charge on any atom is 0.326 e. The Kier molecular flexibility index (Phi) is 5.35. The molecule has 0 aliphatic heterocycles. The van der Waals surface area contributed by atoms with Gasteiger partial charge >= 0.3 is 5.97 Å². The molecule has 0 aromatic heterocycles. The highest BCUT2D eigenvalue weighted by Gasteiger charge is 2.33. The number of carboxylic acids is 1. The van der Waals surface area contributed by atoms with Crippen LogP contribution in [-0.4, -0.2) is 23.0 Å². The molecule has 0 fully saturated rings. The van der Waals surface area contributed by atoms with Crippen LogP contribution < -0.4 is 11.1 Å². The molecular weight excluding hydrogens is 268 g/mol. The van der Waals surface area contributed by atoms with Gasteiger partial charge in [0.2, 0.25) is 5.91 Å². The molecule has 5 nitrogen and oxygen atoms in total. The molecule has 0 heterocycles. The van der Waals surface area contributed by atoms with Crippen LogP contribution in [0.25, 0.3) is 0 Å². The number of aliphatic carboxylic acids is 1. The van der Waals surface area contributed by atoms with Crippen molar-refractivity contribution in [1.82, 2.24) is 5.32 Å². The molecule has 1 aromatic rings. The Morgan fingerprint density at radius 1 is 1.24 bits per heavy atom. The zero-order valence-electron chi connectivity index (χ0n) is 13.0. The fourth-order valence-corrected chi connectivity index (χ4v) is 2.06. The summed E-state index contributed by atoms with van der Waals surface area (Å²) in [6.45, 7) is 7.38. The van der Waals surface area contributed by atoms with Crippen LogP contribution in [0.1, 0.15) is 39.7 Å². The number of anilines is 1. The Balaban J connectivity index is 2.89. The van der Waals surface area contributed by atoms with Gasteiger partial charge in [-0.2, -0.15) is 0 Å². The first-order valence-electron chi connectivity index (χ1n) is 7.04. The highest BCUT2D eigenvalue weighted by Crippen LogP contribution is 2.24. The van der Waals surface area contributed by atoms with Crippen molar-refractivity contribution < 1.29 is 14.7 Å². The van der Waals surface area contributed by atoms with Crippen LogP contribution in [0.3, 0.4) is 0 Å². The van der Waals surface area contributed by atoms with Gasteiger partial charge in [-0.25, -0.2) is 4.79 Å². The summed E-state index contributed by atoms with van der Waals surface area (Å²) in [4.78, 5) is 23.7. The van der Waals surface area contributed by atoms with E-state index in [1.165, 1.54) is 0 Å². The number of nitrogen functional groups attached to an aromatic ring is 1. The van der Waals surface area contributed by atoms with Crippen LogP contribution in [0.4, 0.5) is 5.69 Å². The number of carboxylic acid groups (broad SMARTS) is 1. The van der Waals surface area contributed by atoms with Crippen molar-refractivity contribution in [1.29, 1.82) is 0 Å². The summed E-state index contributed by atoms with van der Waals surface area (Å²) in [5.74, 6) is -1.13. The normalized spacial score (nSPS) is 13.0. The molecule has 5 heteroatoms. The lowest BCUT2D eigenvalue weighted by atomic mass is 9.83. The lowest BCUT2D eigenvalue weighted by molar-refractivity contribution is -0.143. The monoisotopic (exact) mass is 292 g/mol. The van der Waals surface area contributed by atoms with Gasteiger partial charge < -0.3 is 16.2 Å². The predicted octanol–water partition coefficient (Wildman–Crippen LogP) is 2.16. The summed E-state index contributed by atoms with van der Waals surface area (Å²) in [5, 5.41) is 11.8. The van der Waals surface area contributed by atoms with Crippen molar-refractivity contribution >= 4 is 17.6 Å². The summed E-state index contributed by atoms with van der Waals surface area (Å²) in [6.07, 6.45) is 0.402. The van der Waals surface area contributed by atoms with Crippen LogP contribution in [-0.2, 0) is 15.0 Å². The van der Waals surface area contributed by atoms with Gasteiger partial charge in [0.15, 0.2) is 0 Å². The van der Waals surface area contributed by atoms with E-state index in [0.29, 0.717) is 12.1 Å². The molecule has 0 bridgehead atoms. The Morgan fingerprint density at radius 2 is 1.76 bits per heavy atom. The lowest BCUT2D eigenvalue weighted by Crippen LogP contribution is -2.48. The molecule has 0 saturated carbocycles. The second-order valence-corrected chi connectivity index (χ2v) is 6.24. The van der Waals surface area contributed by atoms with Crippen LogP contribution in [0.5, 0.6) is 0 Å². The predicted molar refractivity (Wildman–Crippen MR) is 82.9 cm³/mol. The molecule has 4 N–H and O–H groups in total. The van der Waals surface area contributed by atoms with E-state index in [0.717, 1.165) is 5.56 Å². The van der Waals surface area contributed by atoms with Gasteiger partial charge in [-0.05, 0) is 43.9 Å². The Labute approximate surface area is 125 Å². The van der Waals surface area contributed by atoms with Gasteiger partial charge in [0.1, 0.15) is 6.04 Å². The average molecular weight is 292 g/mol. The van der Waals surface area contributed by atoms with E-state index < -0.39 is 17.4 Å². The summed E-state index contributed by atoms with van der Waals surface area (Å²) in [7, 11) is 0. The third-order valence-electron chi connectivity index (χ3n) is 3.51. The van der Waals surface area contributed by atoms with Crippen molar-refractivity contribution in [2.75, 3.05) is 5.73 Å². The first kappa shape index (κ1) is 17.0. The number of carbonyl (C=O) groups excluding carboxylic acids is 1. The number of benzene rings is 1. The molecule has 116 valence electrons. The van der Waals surface area contributed by atoms with E-state index in [1.54, 1.807) is 38.1 Å². The molecule has 0 radical (unpaired) electrons. The molecular formula is C16H24N2O3. The molecule has 1 rings (SSSR count). The summed E-state index contributed by atoms with van der Waals surface area (Å²) in [5.41, 5.74) is 6.24. The van der Waals surface area contributed by atoms with E-state index in [9.17, 15) is 14.7 Å². The van der Waals surface area contributed by atoms with Crippen LogP contribution in [0.15, 0.2) is 24.3 Å². The van der Waals surface area contributed by atoms with Gasteiger partial charge in [-0.3, -0.25) is 4.79 Å². The SMILES string of the molecule is CC(C)CC(NC(=O)C(C)(C)c1ccc(N)cc1)C(=O)O. The van der Waals surface area contributed by atoms with Gasteiger partial charge in [0.05, 0.1) is 5.41 Å². The van der Waals surface area contributed by atoms with E-state index in [4.69, 9.17) is 5.73 Å². The first-order chi connectivity index (χ1) is 9.64. The lowest BCUT2D eigenvalue weighted by Gasteiger charge is -2.27. The quantitative estimate of drug-likeness (QED) is 0.700. The first-order valence-corrected chi connectivity index (χ1v) is 7.04. The van der Waals surface area contributed by atoms with Gasteiger partial charge in [0.25, 0.3) is 0 Å². The van der Waals surface area contributed by atoms with E-state index >= 15 is 0 Å². The van der Waals surface area contributed by atoms with Gasteiger partial charge in [0, 0.05) is 5.69 Å². The topological polar surface area (TPSA) is 92.4 Å². The molecule has 1 atom stereocenters. The van der Waals surface area contributed by atoms with E-state index in [-0.39, 0.29) is 11.8 Å². The Hall–Kier alpha value is -2.04. The number of nitrogens with two attached hydrogens (primary N) is 1. The second-order valence-electron chi connectivity index (χ2n) is 6.24. The zero-order valence-corrected chi connectivity index (χ0v) is 13.0. The number of nitrogens with one attached hydrogen (secondary N) is 1. The number of carbonyl (C=O) groups is 2. The molecule has 0 spiro atoms. The van der Waals surface area contributed by atoms with Crippen LogP contribution in [0.2, 0.25) is 0 Å². The maximum atomic E-state index is 12.4. The zero-order chi connectivity index (χ0) is 16.2. The van der Waals surface area contributed by atoms with E-state index in [2.05, 4.69) is 5.32 Å². The van der Waals surface area contributed by atoms with Crippen molar-refractivity contribution in [2.24, 2.45) is 5.92 Å². The minimum absolute atomic E-state index is 0.186. The average Bonchev–Trinajstić information content (AvgIpc) is 2.37. The summed E-state index contributed by atoms with van der Waals surface area (Å²) < 4.78 is 0. The summed E-state index contributed by atoms with van der Waals surface area (Å²) >= 11 is 0. The highest BCUT2D eigenvalue weighted by molar-refractivity contribution is 5.90. The van der Waals surface area contributed by atoms with E-state index in [1.807, 2.05) is 13.8 Å². The molecule has 0 aliphatic carbocycles. The third kappa shape index (κ3) is 4.48. The molecule has 1 unspecified atom stereocenters. The van der Waals surface area contributed by atoms with Crippen molar-refractivity contribution in [3.8, 4) is 0 Å². The van der Waals surface area contributed by atoms with Crippen molar-refractivity contribution in [3.63, 3.8) is 0 Å². The maximum absolute atomic E-state index is 12.4. The fourth-order valence-electron chi connectivity index (χ4n) is 2.06. The minimum Gasteiger partial charge on any atom is -0.480 e. The summed E-state index contributed by atoms with van der Waals surface area (Å²) in [6, 6.07) is 6.16. The van der Waals surface area contributed by atoms with Crippen LogP contribution in [0, 0.1) is 5.92 Å². The van der Waals surface area contributed by atoms with Gasteiger partial charge in [-0.15, -0.1) is 0 Å². The Bertz CT molecular complexity index is 507. The number of hydrogen-bond acceptors (Lipinski definition) is 3. The van der Waals surface area contributed by atoms with Gasteiger partial charge in [-0.1, -0.05) is 26.0 Å². The number of rotatable bonds is 6. The highest BCUT2D eigenvalue weighted by atomic mass is 16.4. The standard InChI is InChI=1S/C16H24N2O3/c1-10(2)9-13(14(19)20)18-15(21)16(3,4)11-5-7-12(17)8-6-11/h5-8,10,13H,9,17H2,1-4H3,(H,18,21)(H,19,20). The number of hydrogen-bond donors (Lipinski definition) is 3. The number of amides is 1. The third-order valence-corrected chi connectivity index (χ3v) is 3.51. The molecule has 0 saturated heterocycles. The minimum atomic E-state index is -1.01. The largest absolute Gasteiger partial charge is 0.480 e. The fraction of sp³-hybridized carbons (Fsp3) is 0.500. The van der Waals surface area contributed by atoms with Crippen molar-refractivity contribution in [2.45, 2.75) is 45.6 Å². The molecule has 21 heavy (non-hydrogen) atoms. The van der Waals surface area contributed by atoms with Crippen molar-refractivity contribution in [3.05, 3.63) is 29.8 Å². The smallest absolute Gasteiger partial charge is 0.326 e.